The highest BCUT2D eigenvalue weighted by Gasteiger charge is 2.27. The van der Waals surface area contributed by atoms with E-state index in [9.17, 15) is 0 Å². The van der Waals surface area contributed by atoms with Crippen LogP contribution in [0.15, 0.2) is 18.2 Å². The average molecular weight is 463 g/mol. The lowest BCUT2D eigenvalue weighted by Gasteiger charge is -2.12. The van der Waals surface area contributed by atoms with Crippen molar-refractivity contribution >= 4 is 102 Å². The predicted molar refractivity (Wildman–Crippen MR) is 142 cm³/mol. The van der Waals surface area contributed by atoms with Crippen LogP contribution in [-0.2, 0) is 0 Å². The zero-order valence-electron chi connectivity index (χ0n) is 18.0. The lowest BCUT2D eigenvalue weighted by atomic mass is 10.1. The highest BCUT2D eigenvalue weighted by Crippen LogP contribution is 2.42. The minimum absolute atomic E-state index is 1.31. The fourth-order valence-corrected chi connectivity index (χ4v) is 12.7. The Hall–Kier alpha value is -0.249. The molecule has 0 amide bonds. The second-order valence-corrected chi connectivity index (χ2v) is 30.2. The molecule has 0 aliphatic rings. The number of hydrogen-bond acceptors (Lipinski definition) is 3. The SMILES string of the molecule is C[Si](C)(C)c1cc2c(s1)c1cc([Si](C)(C)C)sc1c1cc([Si](C)(C)C)sc21. The van der Waals surface area contributed by atoms with Crippen LogP contribution in [0.4, 0.5) is 0 Å². The van der Waals surface area contributed by atoms with Crippen molar-refractivity contribution in [1.29, 1.82) is 0 Å². The van der Waals surface area contributed by atoms with Gasteiger partial charge in [0.25, 0.3) is 0 Å². The molecule has 144 valence electrons. The normalized spacial score (nSPS) is 14.1. The topological polar surface area (TPSA) is 0 Å². The maximum atomic E-state index is 2.56. The number of benzene rings is 1. The first-order valence-electron chi connectivity index (χ1n) is 9.71. The van der Waals surface area contributed by atoms with E-state index in [4.69, 9.17) is 0 Å². The van der Waals surface area contributed by atoms with Gasteiger partial charge in [-0.05, 0) is 31.7 Å². The summed E-state index contributed by atoms with van der Waals surface area (Å²) >= 11 is 6.27. The van der Waals surface area contributed by atoms with Crippen LogP contribution >= 0.6 is 34.0 Å². The Morgan fingerprint density at radius 1 is 0.444 bits per heavy atom. The third kappa shape index (κ3) is 3.36. The third-order valence-electron chi connectivity index (χ3n) is 5.15. The van der Waals surface area contributed by atoms with Crippen LogP contribution in [0.1, 0.15) is 0 Å². The standard InChI is InChI=1S/C21H30S3Si3/c1-25(2,3)16-10-13-19(22-16)14-11-17(26(4,5)6)24-21(14)15-12-18(23-20(13)15)27(7,8)9/h10-12H,1-9H3. The molecule has 0 atom stereocenters. The summed E-state index contributed by atoms with van der Waals surface area (Å²) in [6.45, 7) is 22.3. The molecule has 0 saturated carbocycles. The number of rotatable bonds is 3. The van der Waals surface area contributed by atoms with Crippen molar-refractivity contribution in [1.82, 2.24) is 0 Å². The van der Waals surface area contributed by atoms with Gasteiger partial charge in [0.2, 0.25) is 0 Å². The first kappa shape index (κ1) is 20.0. The summed E-state index contributed by atoms with van der Waals surface area (Å²) in [6, 6.07) is 7.68. The van der Waals surface area contributed by atoms with E-state index < -0.39 is 24.2 Å². The van der Waals surface area contributed by atoms with Crippen LogP contribution in [-0.4, -0.2) is 24.2 Å². The highest BCUT2D eigenvalue weighted by molar-refractivity contribution is 7.37. The van der Waals surface area contributed by atoms with Crippen LogP contribution < -0.4 is 13.5 Å². The van der Waals surface area contributed by atoms with Gasteiger partial charge in [0, 0.05) is 30.3 Å². The molecule has 0 bridgehead atoms. The quantitative estimate of drug-likeness (QED) is 0.288. The highest BCUT2D eigenvalue weighted by atomic mass is 32.1. The molecule has 1 aromatic carbocycles. The molecule has 0 N–H and O–H groups in total. The zero-order valence-corrected chi connectivity index (χ0v) is 23.4. The van der Waals surface area contributed by atoms with Gasteiger partial charge in [-0.25, -0.2) is 0 Å². The first-order chi connectivity index (χ1) is 12.3. The van der Waals surface area contributed by atoms with E-state index in [0.717, 1.165) is 0 Å². The van der Waals surface area contributed by atoms with Gasteiger partial charge in [-0.15, -0.1) is 34.0 Å². The lowest BCUT2D eigenvalue weighted by Crippen LogP contribution is -2.34. The summed E-state index contributed by atoms with van der Waals surface area (Å²) in [5.74, 6) is 0. The van der Waals surface area contributed by atoms with Gasteiger partial charge >= 0.3 is 0 Å². The van der Waals surface area contributed by atoms with Gasteiger partial charge in [-0.2, -0.15) is 0 Å². The Morgan fingerprint density at radius 2 is 0.667 bits per heavy atom. The van der Waals surface area contributed by atoms with Gasteiger partial charge in [-0.3, -0.25) is 0 Å². The molecular formula is C21H30S3Si3. The van der Waals surface area contributed by atoms with Gasteiger partial charge < -0.3 is 0 Å². The van der Waals surface area contributed by atoms with Crippen LogP contribution in [0.5, 0.6) is 0 Å². The Morgan fingerprint density at radius 3 is 0.852 bits per heavy atom. The molecule has 0 saturated heterocycles. The van der Waals surface area contributed by atoms with Gasteiger partial charge in [0.1, 0.15) is 0 Å². The van der Waals surface area contributed by atoms with Crippen LogP contribution in [0.2, 0.25) is 58.9 Å². The molecule has 3 aromatic heterocycles. The Kier molecular flexibility index (Phi) is 4.55. The van der Waals surface area contributed by atoms with E-state index in [1.165, 1.54) is 16.2 Å². The van der Waals surface area contributed by atoms with E-state index in [-0.39, 0.29) is 0 Å². The second kappa shape index (κ2) is 6.12. The third-order valence-corrected chi connectivity index (χ3v) is 19.4. The number of fused-ring (bicyclic) bond motifs is 6. The Bertz CT molecular complexity index is 925. The van der Waals surface area contributed by atoms with Crippen molar-refractivity contribution in [3.05, 3.63) is 18.2 Å². The van der Waals surface area contributed by atoms with Crippen molar-refractivity contribution in [2.75, 3.05) is 0 Å². The van der Waals surface area contributed by atoms with Gasteiger partial charge in [0.15, 0.2) is 0 Å². The molecule has 0 radical (unpaired) electrons. The predicted octanol–water partition coefficient (Wildman–Crippen LogP) is 6.97. The monoisotopic (exact) mass is 462 g/mol. The molecule has 4 aromatic rings. The molecule has 6 heteroatoms. The number of hydrogen-bond donors (Lipinski definition) is 0. The second-order valence-electron chi connectivity index (χ2n) is 10.8. The average Bonchev–Trinajstić information content (AvgIpc) is 3.19. The molecule has 0 nitrogen and oxygen atoms in total. The molecule has 3 heterocycles. The maximum absolute atomic E-state index is 2.56. The summed E-state index contributed by atoms with van der Waals surface area (Å²) in [7, 11) is -3.92. The van der Waals surface area contributed by atoms with E-state index in [0.29, 0.717) is 0 Å². The van der Waals surface area contributed by atoms with E-state index >= 15 is 0 Å². The summed E-state index contributed by atoms with van der Waals surface area (Å²) in [6.07, 6.45) is 0. The summed E-state index contributed by atoms with van der Waals surface area (Å²) in [5, 5.41) is 4.61. The minimum atomic E-state index is -1.31. The fraction of sp³-hybridized carbons (Fsp3) is 0.429. The van der Waals surface area contributed by atoms with Crippen LogP contribution in [0, 0.1) is 0 Å². The Balaban J connectivity index is 2.19. The van der Waals surface area contributed by atoms with Gasteiger partial charge in [0.05, 0.1) is 24.2 Å². The molecular weight excluding hydrogens is 433 g/mol. The largest absolute Gasteiger partial charge is 0.144 e. The molecule has 27 heavy (non-hydrogen) atoms. The fourth-order valence-electron chi connectivity index (χ4n) is 3.39. The number of thiophene rings is 3. The van der Waals surface area contributed by atoms with Crippen molar-refractivity contribution in [2.45, 2.75) is 58.9 Å². The zero-order chi connectivity index (χ0) is 19.9. The minimum Gasteiger partial charge on any atom is -0.144 e. The molecule has 0 fully saturated rings. The van der Waals surface area contributed by atoms with E-state index in [2.05, 4.69) is 111 Å². The molecule has 0 aliphatic heterocycles. The Labute approximate surface area is 178 Å². The molecule has 0 unspecified atom stereocenters. The van der Waals surface area contributed by atoms with Crippen LogP contribution in [0.3, 0.4) is 0 Å². The van der Waals surface area contributed by atoms with E-state index in [1.807, 2.05) is 0 Å². The van der Waals surface area contributed by atoms with E-state index in [1.54, 1.807) is 27.6 Å². The summed E-state index contributed by atoms with van der Waals surface area (Å²) in [4.78, 5) is 0. The van der Waals surface area contributed by atoms with Crippen molar-refractivity contribution < 1.29 is 0 Å². The van der Waals surface area contributed by atoms with Crippen molar-refractivity contribution in [2.24, 2.45) is 0 Å². The molecule has 4 rings (SSSR count). The van der Waals surface area contributed by atoms with Crippen molar-refractivity contribution in [3.63, 3.8) is 0 Å². The van der Waals surface area contributed by atoms with Crippen molar-refractivity contribution in [3.8, 4) is 0 Å². The summed E-state index contributed by atoms with van der Waals surface area (Å²) < 4.78 is 9.61. The molecule has 0 aliphatic carbocycles. The summed E-state index contributed by atoms with van der Waals surface area (Å²) in [5.41, 5.74) is 0. The maximum Gasteiger partial charge on any atom is 0.0904 e. The van der Waals surface area contributed by atoms with Gasteiger partial charge in [-0.1, -0.05) is 58.9 Å². The van der Waals surface area contributed by atoms with Crippen LogP contribution in [0.25, 0.3) is 30.3 Å². The molecule has 0 spiro atoms. The lowest BCUT2D eigenvalue weighted by molar-refractivity contribution is 1.79. The first-order valence-corrected chi connectivity index (χ1v) is 22.7. The smallest absolute Gasteiger partial charge is 0.0904 e.